The highest BCUT2D eigenvalue weighted by Gasteiger charge is 2.37. The molecule has 0 aliphatic heterocycles. The number of carbonyl (C=O) groups is 1. The van der Waals surface area contributed by atoms with E-state index in [0.29, 0.717) is 0 Å². The minimum atomic E-state index is -4.71. The molecule has 0 unspecified atom stereocenters. The van der Waals surface area contributed by atoms with Gasteiger partial charge in [0.15, 0.2) is 5.69 Å². The van der Waals surface area contributed by atoms with Gasteiger partial charge in [0.25, 0.3) is 0 Å². The number of carbonyl (C=O) groups excluding carboxylic acids is 1. The molecule has 5 nitrogen and oxygen atoms in total. The van der Waals surface area contributed by atoms with E-state index in [1.54, 1.807) is 0 Å². The first-order valence-corrected chi connectivity index (χ1v) is 4.20. The third-order valence-electron chi connectivity index (χ3n) is 1.79. The van der Waals surface area contributed by atoms with Crippen molar-refractivity contribution in [1.82, 2.24) is 4.98 Å². The Morgan fingerprint density at radius 3 is 2.62 bits per heavy atom. The Hall–Kier alpha value is -1.73. The normalized spacial score (nSPS) is 11.5. The molecule has 0 aromatic carbocycles. The van der Waals surface area contributed by atoms with Crippen molar-refractivity contribution < 1.29 is 27.1 Å². The van der Waals surface area contributed by atoms with Gasteiger partial charge >= 0.3 is 17.9 Å². The van der Waals surface area contributed by atoms with Gasteiger partial charge in [-0.15, -0.1) is 0 Å². The van der Waals surface area contributed by atoms with Crippen LogP contribution >= 0.6 is 0 Å². The van der Waals surface area contributed by atoms with Crippen molar-refractivity contribution in [3.63, 3.8) is 0 Å². The lowest BCUT2D eigenvalue weighted by atomic mass is 10.2. The van der Waals surface area contributed by atoms with E-state index in [-0.39, 0.29) is 12.8 Å². The summed E-state index contributed by atoms with van der Waals surface area (Å²) in [7, 11) is 1.11. The monoisotopic (exact) mass is 239 g/mol. The first kappa shape index (κ1) is 12.3. The summed E-state index contributed by atoms with van der Waals surface area (Å²) in [5, 5.41) is 0. The number of methoxy groups -OCH3 is 1. The van der Waals surface area contributed by atoms with Crippen molar-refractivity contribution >= 4 is 5.97 Å². The number of H-pyrrole nitrogens is 1. The van der Waals surface area contributed by atoms with Crippen LogP contribution in [0.25, 0.3) is 0 Å². The van der Waals surface area contributed by atoms with Gasteiger partial charge in [0.05, 0.1) is 13.5 Å². The molecule has 0 saturated heterocycles. The van der Waals surface area contributed by atoms with Crippen LogP contribution in [0.1, 0.15) is 17.9 Å². The molecule has 8 heteroatoms. The number of halogens is 3. The molecule has 16 heavy (non-hydrogen) atoms. The number of aromatic nitrogens is 1. The van der Waals surface area contributed by atoms with Crippen LogP contribution in [0.4, 0.5) is 13.2 Å². The Morgan fingerprint density at radius 2 is 2.12 bits per heavy atom. The lowest BCUT2D eigenvalue weighted by Gasteiger charge is -2.04. The number of hydrogen-bond acceptors (Lipinski definition) is 4. The predicted octanol–water partition coefficient (Wildman–Crippen LogP) is 1.09. The molecule has 1 aromatic heterocycles. The molecule has 1 rings (SSSR count). The number of alkyl halides is 3. The maximum absolute atomic E-state index is 12.3. The van der Waals surface area contributed by atoms with Crippen molar-refractivity contribution in [2.45, 2.75) is 19.0 Å². The zero-order valence-electron chi connectivity index (χ0n) is 8.18. The highest BCUT2D eigenvalue weighted by molar-refractivity contribution is 5.69. The largest absolute Gasteiger partial charge is 0.469 e. The van der Waals surface area contributed by atoms with Crippen LogP contribution < -0.4 is 5.76 Å². The zero-order chi connectivity index (χ0) is 12.3. The second kappa shape index (κ2) is 4.42. The average molecular weight is 239 g/mol. The summed E-state index contributed by atoms with van der Waals surface area (Å²) >= 11 is 0. The number of aryl methyl sites for hydroxylation is 1. The van der Waals surface area contributed by atoms with Gasteiger partial charge in [-0.3, -0.25) is 9.78 Å². The van der Waals surface area contributed by atoms with Crippen LogP contribution in [-0.2, 0) is 22.1 Å². The van der Waals surface area contributed by atoms with Gasteiger partial charge in [0, 0.05) is 6.42 Å². The highest BCUT2D eigenvalue weighted by atomic mass is 19.4. The van der Waals surface area contributed by atoms with Crippen molar-refractivity contribution in [1.29, 1.82) is 0 Å². The molecule has 0 aliphatic carbocycles. The van der Waals surface area contributed by atoms with Gasteiger partial charge in [-0.1, -0.05) is 0 Å². The average Bonchev–Trinajstić information content (AvgIpc) is 2.55. The molecule has 0 aliphatic rings. The van der Waals surface area contributed by atoms with Crippen molar-refractivity contribution in [3.05, 3.63) is 22.0 Å². The molecule has 1 heterocycles. The van der Waals surface area contributed by atoms with E-state index in [4.69, 9.17) is 0 Å². The van der Waals surface area contributed by atoms with Crippen LogP contribution in [0.5, 0.6) is 0 Å². The molecule has 0 saturated carbocycles. The topological polar surface area (TPSA) is 72.3 Å². The van der Waals surface area contributed by atoms with E-state index < -0.39 is 29.4 Å². The molecule has 0 fully saturated rings. The van der Waals surface area contributed by atoms with Gasteiger partial charge in [-0.05, 0) is 0 Å². The number of ether oxygens (including phenoxy) is 1. The Bertz CT molecular complexity index is 431. The minimum Gasteiger partial charge on any atom is -0.469 e. The van der Waals surface area contributed by atoms with Gasteiger partial charge in [-0.25, -0.2) is 4.79 Å². The van der Waals surface area contributed by atoms with Gasteiger partial charge in [0.2, 0.25) is 0 Å². The molecule has 0 atom stereocenters. The molecule has 0 amide bonds. The maximum atomic E-state index is 12.3. The number of aromatic amines is 1. The minimum absolute atomic E-state index is 0.291. The molecular formula is C8H8F3NO4. The molecule has 0 radical (unpaired) electrons. The zero-order valence-corrected chi connectivity index (χ0v) is 8.18. The third kappa shape index (κ3) is 2.88. The predicted molar refractivity (Wildman–Crippen MR) is 44.7 cm³/mol. The van der Waals surface area contributed by atoms with Crippen molar-refractivity contribution in [2.75, 3.05) is 7.11 Å². The van der Waals surface area contributed by atoms with Gasteiger partial charge < -0.3 is 9.15 Å². The Kier molecular flexibility index (Phi) is 3.41. The SMILES string of the molecule is COC(=O)CCc1oc(=O)[nH]c1C(F)(F)F. The number of nitrogens with one attached hydrogen (secondary N) is 1. The maximum Gasteiger partial charge on any atom is 0.434 e. The smallest absolute Gasteiger partial charge is 0.434 e. The number of oxazole rings is 1. The molecule has 0 bridgehead atoms. The third-order valence-corrected chi connectivity index (χ3v) is 1.79. The fourth-order valence-electron chi connectivity index (χ4n) is 1.08. The summed E-state index contributed by atoms with van der Waals surface area (Å²) in [5.74, 6) is -2.48. The van der Waals surface area contributed by atoms with Crippen LogP contribution in [0.15, 0.2) is 9.21 Å². The standard InChI is InChI=1S/C8H8F3NO4/c1-15-5(13)3-2-4-6(8(9,10)11)12-7(14)16-4/h2-3H2,1H3,(H,12,14). The van der Waals surface area contributed by atoms with Gasteiger partial charge in [0.1, 0.15) is 5.76 Å². The fraction of sp³-hybridized carbons (Fsp3) is 0.500. The summed E-state index contributed by atoms with van der Waals surface area (Å²) in [5.41, 5.74) is -1.26. The lowest BCUT2D eigenvalue weighted by molar-refractivity contribution is -0.143. The van der Waals surface area contributed by atoms with E-state index in [1.165, 1.54) is 4.98 Å². The van der Waals surface area contributed by atoms with Crippen LogP contribution in [0, 0.1) is 0 Å². The van der Waals surface area contributed by atoms with Crippen molar-refractivity contribution in [2.24, 2.45) is 0 Å². The van der Waals surface area contributed by atoms with Crippen molar-refractivity contribution in [3.8, 4) is 0 Å². The molecule has 90 valence electrons. The van der Waals surface area contributed by atoms with E-state index in [2.05, 4.69) is 9.15 Å². The molecule has 1 N–H and O–H groups in total. The lowest BCUT2D eigenvalue weighted by Crippen LogP contribution is -2.11. The van der Waals surface area contributed by atoms with Crippen LogP contribution in [0.2, 0.25) is 0 Å². The quantitative estimate of drug-likeness (QED) is 0.801. The first-order chi connectivity index (χ1) is 7.34. The summed E-state index contributed by atoms with van der Waals surface area (Å²) in [6.07, 6.45) is -5.35. The Balaban J connectivity index is 2.88. The summed E-state index contributed by atoms with van der Waals surface area (Å²) in [6, 6.07) is 0. The second-order valence-electron chi connectivity index (χ2n) is 2.89. The molecule has 1 aromatic rings. The second-order valence-corrected chi connectivity index (χ2v) is 2.89. The summed E-state index contributed by atoms with van der Waals surface area (Å²) in [4.78, 5) is 22.9. The van der Waals surface area contributed by atoms with Crippen LogP contribution in [0.3, 0.4) is 0 Å². The van der Waals surface area contributed by atoms with E-state index in [0.717, 1.165) is 7.11 Å². The summed E-state index contributed by atoms with van der Waals surface area (Å²) < 4.78 is 45.5. The molecule has 0 spiro atoms. The van der Waals surface area contributed by atoms with E-state index in [1.807, 2.05) is 0 Å². The first-order valence-electron chi connectivity index (χ1n) is 4.20. The number of hydrogen-bond donors (Lipinski definition) is 1. The van der Waals surface area contributed by atoms with Crippen LogP contribution in [-0.4, -0.2) is 18.1 Å². The Morgan fingerprint density at radius 1 is 1.50 bits per heavy atom. The summed E-state index contributed by atoms with van der Waals surface area (Å²) in [6.45, 7) is 0. The van der Waals surface area contributed by atoms with E-state index >= 15 is 0 Å². The molecular weight excluding hydrogens is 231 g/mol. The number of esters is 1. The highest BCUT2D eigenvalue weighted by Crippen LogP contribution is 2.30. The fourth-order valence-corrected chi connectivity index (χ4v) is 1.08. The number of rotatable bonds is 3. The van der Waals surface area contributed by atoms with Gasteiger partial charge in [-0.2, -0.15) is 13.2 Å². The van der Waals surface area contributed by atoms with E-state index in [9.17, 15) is 22.8 Å². The Labute approximate surface area is 87.2 Å².